The highest BCUT2D eigenvalue weighted by Crippen LogP contribution is 2.27. The molecule has 174 valence electrons. The third kappa shape index (κ3) is 4.99. The molecule has 1 atom stereocenters. The van der Waals surface area contributed by atoms with Gasteiger partial charge in [0.2, 0.25) is 5.96 Å². The van der Waals surface area contributed by atoms with Gasteiger partial charge in [0, 0.05) is 61.1 Å². The number of allylic oxidation sites excluding steroid dienone is 1. The number of aryl methyl sites for hydroxylation is 1. The van der Waals surface area contributed by atoms with Gasteiger partial charge in [0.15, 0.2) is 0 Å². The van der Waals surface area contributed by atoms with E-state index in [9.17, 15) is 0 Å². The fourth-order valence-electron chi connectivity index (χ4n) is 4.64. The first-order valence-electron chi connectivity index (χ1n) is 12.0. The lowest BCUT2D eigenvalue weighted by atomic mass is 9.91. The monoisotopic (exact) mass is 453 g/mol. The molecule has 0 bridgehead atoms. The molecule has 7 heteroatoms. The lowest BCUT2D eigenvalue weighted by molar-refractivity contribution is 0.251. The Hall–Kier alpha value is -3.58. The Kier molecular flexibility index (Phi) is 6.62. The van der Waals surface area contributed by atoms with Crippen LogP contribution in [-0.2, 0) is 6.54 Å². The van der Waals surface area contributed by atoms with Crippen molar-refractivity contribution < 1.29 is 0 Å². The van der Waals surface area contributed by atoms with Crippen LogP contribution in [0.4, 0.5) is 5.69 Å². The maximum Gasteiger partial charge on any atom is 0.227 e. The topological polar surface area (TPSA) is 70.7 Å². The SMILES string of the molecule is CCn1cc(C2=NC(Nc3ccc(C4CCCN(C)C4)cc3)=NC=CC2)c(-c2cccnc2)n1. The van der Waals surface area contributed by atoms with Gasteiger partial charge in [-0.05, 0) is 69.1 Å². The first kappa shape index (κ1) is 22.2. The summed E-state index contributed by atoms with van der Waals surface area (Å²) in [5, 5.41) is 8.18. The van der Waals surface area contributed by atoms with E-state index < -0.39 is 0 Å². The van der Waals surface area contributed by atoms with Crippen LogP contribution in [0.1, 0.15) is 43.2 Å². The fraction of sp³-hybridized carbons (Fsp3) is 0.333. The predicted octanol–water partition coefficient (Wildman–Crippen LogP) is 4.95. The number of likely N-dealkylation sites (tertiary alicyclic amines) is 1. The second-order valence-corrected chi connectivity index (χ2v) is 8.94. The standard InChI is InChI=1S/C27H31N7/c1-3-34-19-24(26(32-34)21-7-4-14-28-17-21)25-9-5-15-29-27(31-25)30-23-12-10-20(11-13-23)22-8-6-16-33(2)18-22/h4-5,7,10-15,17,19,22H,3,6,8-9,16,18H2,1-2H3,(H,29,30). The van der Waals surface area contributed by atoms with Gasteiger partial charge < -0.3 is 10.2 Å². The van der Waals surface area contributed by atoms with Crippen molar-refractivity contribution in [1.82, 2.24) is 19.7 Å². The molecule has 5 rings (SSSR count). The molecule has 2 aromatic heterocycles. The average molecular weight is 454 g/mol. The number of likely N-dealkylation sites (N-methyl/N-ethyl adjacent to an activating group) is 1. The van der Waals surface area contributed by atoms with Gasteiger partial charge in [-0.15, -0.1) is 0 Å². The van der Waals surface area contributed by atoms with Crippen LogP contribution in [0.25, 0.3) is 11.3 Å². The third-order valence-corrected chi connectivity index (χ3v) is 6.45. The van der Waals surface area contributed by atoms with E-state index in [0.29, 0.717) is 18.3 Å². The molecule has 4 heterocycles. The minimum Gasteiger partial charge on any atom is -0.324 e. The van der Waals surface area contributed by atoms with Crippen LogP contribution in [0.5, 0.6) is 0 Å². The van der Waals surface area contributed by atoms with Gasteiger partial charge in [0.1, 0.15) is 5.69 Å². The number of hydrogen-bond donors (Lipinski definition) is 1. The quantitative estimate of drug-likeness (QED) is 0.593. The number of guanidine groups is 1. The Morgan fingerprint density at radius 3 is 2.79 bits per heavy atom. The molecule has 0 radical (unpaired) electrons. The van der Waals surface area contributed by atoms with E-state index in [2.05, 4.69) is 64.6 Å². The van der Waals surface area contributed by atoms with Crippen molar-refractivity contribution in [3.05, 3.63) is 78.4 Å². The van der Waals surface area contributed by atoms with Crippen LogP contribution < -0.4 is 5.32 Å². The average Bonchev–Trinajstić information content (AvgIpc) is 3.18. The van der Waals surface area contributed by atoms with Crippen molar-refractivity contribution in [1.29, 1.82) is 0 Å². The normalized spacial score (nSPS) is 18.8. The van der Waals surface area contributed by atoms with Crippen molar-refractivity contribution in [2.24, 2.45) is 9.98 Å². The van der Waals surface area contributed by atoms with Crippen LogP contribution in [0.15, 0.2) is 77.2 Å². The summed E-state index contributed by atoms with van der Waals surface area (Å²) >= 11 is 0. The van der Waals surface area contributed by atoms with Crippen molar-refractivity contribution in [2.45, 2.75) is 38.6 Å². The zero-order valence-corrected chi connectivity index (χ0v) is 19.9. The van der Waals surface area contributed by atoms with Gasteiger partial charge in [0.25, 0.3) is 0 Å². The summed E-state index contributed by atoms with van der Waals surface area (Å²) in [6.45, 7) is 5.20. The predicted molar refractivity (Wildman–Crippen MR) is 138 cm³/mol. The van der Waals surface area contributed by atoms with E-state index in [1.165, 1.54) is 24.9 Å². The molecule has 1 fully saturated rings. The molecule has 1 saturated heterocycles. The Bertz CT molecular complexity index is 1210. The first-order chi connectivity index (χ1) is 16.7. The molecular formula is C27H31N7. The van der Waals surface area contributed by atoms with Crippen LogP contribution >= 0.6 is 0 Å². The molecule has 7 nitrogen and oxygen atoms in total. The summed E-state index contributed by atoms with van der Waals surface area (Å²) in [6.07, 6.45) is 12.7. The summed E-state index contributed by atoms with van der Waals surface area (Å²) < 4.78 is 1.94. The van der Waals surface area contributed by atoms with E-state index in [1.54, 1.807) is 6.20 Å². The van der Waals surface area contributed by atoms with E-state index in [0.717, 1.165) is 41.3 Å². The van der Waals surface area contributed by atoms with Crippen molar-refractivity contribution >= 4 is 17.4 Å². The summed E-state index contributed by atoms with van der Waals surface area (Å²) in [5.74, 6) is 1.19. The van der Waals surface area contributed by atoms with Gasteiger partial charge in [-0.3, -0.25) is 9.67 Å². The van der Waals surface area contributed by atoms with Crippen molar-refractivity contribution in [3.63, 3.8) is 0 Å². The molecule has 0 amide bonds. The van der Waals surface area contributed by atoms with Gasteiger partial charge in [0.05, 0.1) is 5.71 Å². The van der Waals surface area contributed by atoms with Crippen LogP contribution in [-0.4, -0.2) is 51.5 Å². The first-order valence-corrected chi connectivity index (χ1v) is 12.0. The number of benzene rings is 1. The highest BCUT2D eigenvalue weighted by atomic mass is 15.3. The number of rotatable bonds is 5. The zero-order valence-electron chi connectivity index (χ0n) is 19.9. The third-order valence-electron chi connectivity index (χ3n) is 6.45. The molecule has 2 aliphatic rings. The van der Waals surface area contributed by atoms with Crippen LogP contribution in [0, 0.1) is 0 Å². The minimum atomic E-state index is 0.579. The summed E-state index contributed by atoms with van der Waals surface area (Å²) in [4.78, 5) is 16.1. The fourth-order valence-corrected chi connectivity index (χ4v) is 4.64. The zero-order chi connectivity index (χ0) is 23.3. The highest BCUT2D eigenvalue weighted by molar-refractivity contribution is 6.13. The number of aromatic nitrogens is 3. The Labute approximate surface area is 201 Å². The summed E-state index contributed by atoms with van der Waals surface area (Å²) in [6, 6.07) is 12.7. The second kappa shape index (κ2) is 10.1. The minimum absolute atomic E-state index is 0.579. The molecule has 2 aliphatic heterocycles. The lowest BCUT2D eigenvalue weighted by Crippen LogP contribution is -2.30. The molecule has 3 aromatic rings. The van der Waals surface area contributed by atoms with E-state index in [4.69, 9.17) is 10.1 Å². The Morgan fingerprint density at radius 2 is 2.03 bits per heavy atom. The number of pyridine rings is 1. The van der Waals surface area contributed by atoms with Crippen LogP contribution in [0.2, 0.25) is 0 Å². The molecule has 1 N–H and O–H groups in total. The Balaban J connectivity index is 1.38. The molecule has 0 spiro atoms. The molecule has 1 aromatic carbocycles. The largest absolute Gasteiger partial charge is 0.324 e. The number of aliphatic imine (C=N–C) groups is 2. The summed E-state index contributed by atoms with van der Waals surface area (Å²) in [7, 11) is 2.21. The highest BCUT2D eigenvalue weighted by Gasteiger charge is 2.19. The van der Waals surface area contributed by atoms with Crippen molar-refractivity contribution in [3.8, 4) is 11.3 Å². The maximum atomic E-state index is 4.91. The smallest absolute Gasteiger partial charge is 0.227 e. The number of piperidine rings is 1. The number of nitrogens with one attached hydrogen (secondary N) is 1. The Morgan fingerprint density at radius 1 is 1.15 bits per heavy atom. The maximum absolute atomic E-state index is 4.91. The van der Waals surface area contributed by atoms with E-state index in [1.807, 2.05) is 35.3 Å². The molecule has 0 aliphatic carbocycles. The van der Waals surface area contributed by atoms with Gasteiger partial charge >= 0.3 is 0 Å². The van der Waals surface area contributed by atoms with Gasteiger partial charge in [-0.2, -0.15) is 5.10 Å². The number of hydrogen-bond acceptors (Lipinski definition) is 6. The molecule has 34 heavy (non-hydrogen) atoms. The van der Waals surface area contributed by atoms with Gasteiger partial charge in [-0.1, -0.05) is 18.2 Å². The molecule has 0 saturated carbocycles. The summed E-state index contributed by atoms with van der Waals surface area (Å²) in [5.41, 5.74) is 6.20. The number of nitrogens with zero attached hydrogens (tertiary/aromatic N) is 6. The van der Waals surface area contributed by atoms with Gasteiger partial charge in [-0.25, -0.2) is 9.98 Å². The van der Waals surface area contributed by atoms with E-state index in [-0.39, 0.29) is 0 Å². The van der Waals surface area contributed by atoms with Crippen molar-refractivity contribution in [2.75, 3.05) is 25.5 Å². The second-order valence-electron chi connectivity index (χ2n) is 8.94. The number of anilines is 1. The molecule has 1 unspecified atom stereocenters. The van der Waals surface area contributed by atoms with E-state index >= 15 is 0 Å². The van der Waals surface area contributed by atoms with Crippen LogP contribution in [0.3, 0.4) is 0 Å². The molecular weight excluding hydrogens is 422 g/mol. The lowest BCUT2D eigenvalue weighted by Gasteiger charge is -2.30.